The van der Waals surface area contributed by atoms with Crippen molar-refractivity contribution in [2.45, 2.75) is 76.2 Å². The van der Waals surface area contributed by atoms with Crippen molar-refractivity contribution in [2.24, 2.45) is 10.8 Å². The fraction of sp³-hybridized carbons (Fsp3) is 0.684. The van der Waals surface area contributed by atoms with Crippen LogP contribution in [0.5, 0.6) is 0 Å². The second-order valence-electron chi connectivity index (χ2n) is 8.05. The van der Waals surface area contributed by atoms with Gasteiger partial charge in [-0.2, -0.15) is 5.71 Å². The van der Waals surface area contributed by atoms with Crippen LogP contribution in [0.25, 0.3) is 5.41 Å². The summed E-state index contributed by atoms with van der Waals surface area (Å²) in [4.78, 5) is 0. The summed E-state index contributed by atoms with van der Waals surface area (Å²) < 4.78 is 0. The average Bonchev–Trinajstić information content (AvgIpc) is 2.56. The molecule has 1 rings (SSSR count). The SMILES string of the molecule is CC(C)(C)C(=[N-])C(C)(C)C.C[C]1[C](C)[C](C)[C](C)[C]1C.[Cl][Ti][Cl]. The molecule has 1 aliphatic rings. The van der Waals surface area contributed by atoms with Crippen LogP contribution in [0.1, 0.15) is 76.2 Å². The Balaban J connectivity index is 0. The van der Waals surface area contributed by atoms with Crippen LogP contribution in [0.2, 0.25) is 0 Å². The van der Waals surface area contributed by atoms with E-state index in [1.807, 2.05) is 41.5 Å². The molecule has 1 saturated carbocycles. The van der Waals surface area contributed by atoms with E-state index in [1.165, 1.54) is 29.6 Å². The van der Waals surface area contributed by atoms with Gasteiger partial charge in [0.15, 0.2) is 0 Å². The molecule has 0 heterocycles. The first-order valence-electron chi connectivity index (χ1n) is 7.85. The Morgan fingerprint density at radius 1 is 0.652 bits per heavy atom. The van der Waals surface area contributed by atoms with Gasteiger partial charge in [0.05, 0.1) is 0 Å². The predicted molar refractivity (Wildman–Crippen MR) is 104 cm³/mol. The van der Waals surface area contributed by atoms with Crippen LogP contribution < -0.4 is 0 Å². The fourth-order valence-electron chi connectivity index (χ4n) is 2.53. The van der Waals surface area contributed by atoms with Gasteiger partial charge in [-0.05, 0) is 40.4 Å². The Labute approximate surface area is 162 Å². The summed E-state index contributed by atoms with van der Waals surface area (Å²) in [6, 6.07) is 0. The predicted octanol–water partition coefficient (Wildman–Crippen LogP) is 7.44. The van der Waals surface area contributed by atoms with Crippen LogP contribution in [-0.2, 0) is 17.0 Å². The Morgan fingerprint density at radius 2 is 0.783 bits per heavy atom. The number of nitrogens with zero attached hydrogens (tertiary/aromatic N) is 1. The molecule has 1 nitrogen and oxygen atoms in total. The minimum atomic E-state index is -0.556. The van der Waals surface area contributed by atoms with Gasteiger partial charge < -0.3 is 5.41 Å². The third kappa shape index (κ3) is 9.29. The van der Waals surface area contributed by atoms with E-state index in [9.17, 15) is 5.41 Å². The number of halogens is 2. The summed E-state index contributed by atoms with van der Waals surface area (Å²) in [5.41, 5.74) is 0.399. The van der Waals surface area contributed by atoms with Crippen LogP contribution in [0.15, 0.2) is 0 Å². The van der Waals surface area contributed by atoms with Crippen LogP contribution in [0, 0.1) is 40.4 Å². The molecule has 0 spiro atoms. The van der Waals surface area contributed by atoms with Crippen molar-refractivity contribution in [3.05, 3.63) is 35.0 Å². The second kappa shape index (κ2) is 10.8. The molecule has 133 valence electrons. The molecule has 0 N–H and O–H groups in total. The van der Waals surface area contributed by atoms with Crippen LogP contribution in [0.3, 0.4) is 0 Å². The van der Waals surface area contributed by atoms with Crippen LogP contribution in [-0.4, -0.2) is 5.71 Å². The van der Waals surface area contributed by atoms with E-state index >= 15 is 0 Å². The first-order chi connectivity index (χ1) is 10.1. The van der Waals surface area contributed by atoms with E-state index < -0.39 is 17.0 Å². The molecule has 0 aliphatic heterocycles. The first-order valence-corrected chi connectivity index (χ1v) is 12.1. The summed E-state index contributed by atoms with van der Waals surface area (Å²) in [7, 11) is 9.78. The summed E-state index contributed by atoms with van der Waals surface area (Å²) in [6.45, 7) is 23.1. The standard InChI is InChI=1S/C10H15.C9H18N.2ClH.Ti/c1-6-7(2)9(4)10(5)8(6)3;1-8(2,3)7(10)9(4,5)6;;;/h1-5H3;1-6H3;2*1H;/q;-1;;;+2/p-2. The van der Waals surface area contributed by atoms with Gasteiger partial charge in [0, 0.05) is 0 Å². The van der Waals surface area contributed by atoms with E-state index in [-0.39, 0.29) is 10.8 Å². The molecule has 23 heavy (non-hydrogen) atoms. The van der Waals surface area contributed by atoms with Crippen LogP contribution in [0.4, 0.5) is 0 Å². The van der Waals surface area contributed by atoms with Gasteiger partial charge in [0.1, 0.15) is 0 Å². The third-order valence-corrected chi connectivity index (χ3v) is 4.23. The zero-order valence-corrected chi connectivity index (χ0v) is 19.8. The quantitative estimate of drug-likeness (QED) is 0.301. The summed E-state index contributed by atoms with van der Waals surface area (Å²) in [6.07, 6.45) is 0. The normalized spacial score (nSPS) is 18.8. The Bertz CT molecular complexity index is 283. The van der Waals surface area contributed by atoms with Gasteiger partial charge >= 0.3 is 35.6 Å². The van der Waals surface area contributed by atoms with Crippen LogP contribution >= 0.6 is 18.6 Å². The molecule has 0 atom stereocenters. The maximum absolute atomic E-state index is 9.64. The van der Waals surface area contributed by atoms with Crippen molar-refractivity contribution >= 4 is 24.3 Å². The maximum atomic E-state index is 9.64. The van der Waals surface area contributed by atoms with Crippen molar-refractivity contribution in [2.75, 3.05) is 0 Å². The first kappa shape index (κ1) is 26.2. The Hall–Kier alpha value is 0.964. The van der Waals surface area contributed by atoms with Crippen molar-refractivity contribution in [1.82, 2.24) is 0 Å². The minimum absolute atomic E-state index is 0.0851. The number of rotatable bonds is 0. The molecule has 5 radical (unpaired) electrons. The molecular formula is C19H33Cl2NTi-. The van der Waals surface area contributed by atoms with Gasteiger partial charge in [0.2, 0.25) is 0 Å². The molecule has 0 bridgehead atoms. The van der Waals surface area contributed by atoms with Crippen molar-refractivity contribution in [3.63, 3.8) is 0 Å². The van der Waals surface area contributed by atoms with Gasteiger partial charge in [-0.25, -0.2) is 0 Å². The van der Waals surface area contributed by atoms with E-state index in [2.05, 4.69) is 34.6 Å². The topological polar surface area (TPSA) is 22.3 Å². The molecule has 1 fully saturated rings. The third-order valence-electron chi connectivity index (χ3n) is 4.23. The molecule has 0 unspecified atom stereocenters. The van der Waals surface area contributed by atoms with Gasteiger partial charge in [-0.1, -0.05) is 76.2 Å². The fourth-order valence-corrected chi connectivity index (χ4v) is 2.53. The summed E-state index contributed by atoms with van der Waals surface area (Å²) in [5, 5.41) is 9.64. The van der Waals surface area contributed by atoms with E-state index in [0.29, 0.717) is 5.71 Å². The zero-order chi connectivity index (χ0) is 19.2. The Morgan fingerprint density at radius 3 is 0.826 bits per heavy atom. The molecule has 0 aromatic rings. The summed E-state index contributed by atoms with van der Waals surface area (Å²) in [5.74, 6) is 7.34. The molecule has 1 aliphatic carbocycles. The average molecular weight is 394 g/mol. The number of hydrogen-bond donors (Lipinski definition) is 0. The molecule has 0 saturated heterocycles. The molecule has 0 aromatic carbocycles. The van der Waals surface area contributed by atoms with E-state index in [4.69, 9.17) is 18.6 Å². The van der Waals surface area contributed by atoms with Gasteiger partial charge in [0.25, 0.3) is 0 Å². The monoisotopic (exact) mass is 393 g/mol. The van der Waals surface area contributed by atoms with Crippen molar-refractivity contribution in [1.29, 1.82) is 0 Å². The Kier molecular flexibility index (Phi) is 12.3. The van der Waals surface area contributed by atoms with Crippen molar-refractivity contribution in [3.8, 4) is 0 Å². The van der Waals surface area contributed by atoms with Gasteiger partial charge in [-0.3, -0.25) is 0 Å². The second-order valence-corrected chi connectivity index (χ2v) is 10.6. The van der Waals surface area contributed by atoms with Gasteiger partial charge in [-0.15, -0.1) is 0 Å². The van der Waals surface area contributed by atoms with E-state index in [1.54, 1.807) is 0 Å². The summed E-state index contributed by atoms with van der Waals surface area (Å²) >= 11 is -0.556. The molecular weight excluding hydrogens is 361 g/mol. The molecule has 0 amide bonds. The van der Waals surface area contributed by atoms with Crippen molar-refractivity contribution < 1.29 is 17.0 Å². The van der Waals surface area contributed by atoms with E-state index in [0.717, 1.165) is 0 Å². The zero-order valence-electron chi connectivity index (χ0n) is 16.7. The number of hydrogen-bond acceptors (Lipinski definition) is 0. The molecule has 4 heteroatoms. The molecule has 0 aromatic heterocycles.